The van der Waals surface area contributed by atoms with E-state index in [4.69, 9.17) is 0 Å². The van der Waals surface area contributed by atoms with Crippen LogP contribution >= 0.6 is 0 Å². The molecule has 144 valence electrons. The molecule has 1 heterocycles. The molecule has 1 aromatic heterocycles. The van der Waals surface area contributed by atoms with Crippen LogP contribution in [0.3, 0.4) is 0 Å². The van der Waals surface area contributed by atoms with Crippen molar-refractivity contribution in [1.82, 2.24) is 9.78 Å². The third-order valence-corrected chi connectivity index (χ3v) is 6.93. The van der Waals surface area contributed by atoms with Gasteiger partial charge in [0.15, 0.2) is 0 Å². The molecule has 0 bridgehead atoms. The van der Waals surface area contributed by atoms with Gasteiger partial charge in [0.1, 0.15) is 5.82 Å². The highest BCUT2D eigenvalue weighted by atomic mass is 19.1. The summed E-state index contributed by atoms with van der Waals surface area (Å²) in [5, 5.41) is 14.3. The first-order valence-electron chi connectivity index (χ1n) is 9.94. The normalized spacial score (nSPS) is 28.5. The monoisotopic (exact) mass is 378 g/mol. The van der Waals surface area contributed by atoms with E-state index in [-0.39, 0.29) is 23.1 Å². The molecule has 5 rings (SSSR count). The summed E-state index contributed by atoms with van der Waals surface area (Å²) in [6, 6.07) is 6.39. The lowest BCUT2D eigenvalue weighted by atomic mass is 9.55. The molecule has 3 aliphatic carbocycles. The molecule has 1 aromatic carbocycles. The summed E-state index contributed by atoms with van der Waals surface area (Å²) in [6.45, 7) is 2.26. The minimum absolute atomic E-state index is 0.124. The van der Waals surface area contributed by atoms with E-state index in [0.29, 0.717) is 0 Å². The number of rotatable bonds is 2. The summed E-state index contributed by atoms with van der Waals surface area (Å²) in [5.74, 6) is -1.04. The fourth-order valence-corrected chi connectivity index (χ4v) is 5.51. The maximum Gasteiger partial charge on any atom is 0.307 e. The molecule has 0 aliphatic heterocycles. The van der Waals surface area contributed by atoms with Gasteiger partial charge >= 0.3 is 5.97 Å². The van der Waals surface area contributed by atoms with Gasteiger partial charge in [0.05, 0.1) is 23.5 Å². The molecular weight excluding hydrogens is 355 g/mol. The molecule has 3 atom stereocenters. The molecule has 0 amide bonds. The van der Waals surface area contributed by atoms with Gasteiger partial charge in [-0.25, -0.2) is 9.07 Å². The third-order valence-electron chi connectivity index (χ3n) is 6.93. The highest BCUT2D eigenvalue weighted by molar-refractivity contribution is 5.72. The summed E-state index contributed by atoms with van der Waals surface area (Å²) >= 11 is 0. The number of carbonyl (C=O) groups is 1. The minimum Gasteiger partial charge on any atom is -0.481 e. The number of carboxylic acids is 1. The zero-order valence-corrected chi connectivity index (χ0v) is 15.9. The Morgan fingerprint density at radius 1 is 1.29 bits per heavy atom. The van der Waals surface area contributed by atoms with Gasteiger partial charge in [0.25, 0.3) is 0 Å². The quantitative estimate of drug-likeness (QED) is 0.765. The third kappa shape index (κ3) is 2.49. The second-order valence-corrected chi connectivity index (χ2v) is 8.45. The van der Waals surface area contributed by atoms with Crippen LogP contribution in [0.25, 0.3) is 11.8 Å². The summed E-state index contributed by atoms with van der Waals surface area (Å²) in [7, 11) is 0. The van der Waals surface area contributed by atoms with E-state index in [1.54, 1.807) is 12.1 Å². The molecule has 0 saturated heterocycles. The number of hydrogen-bond donors (Lipinski definition) is 1. The number of hydrogen-bond acceptors (Lipinski definition) is 2. The Bertz CT molecular complexity index is 1020. The SMILES string of the molecule is C[C@]12Cc3cnn(-c4ccc(F)cc4)c3C=C1CC[C@H]1C2=CCC[C@H]1C(=O)O. The van der Waals surface area contributed by atoms with Crippen molar-refractivity contribution in [3.8, 4) is 5.69 Å². The molecule has 0 spiro atoms. The van der Waals surface area contributed by atoms with Gasteiger partial charge in [0, 0.05) is 5.41 Å². The van der Waals surface area contributed by atoms with Gasteiger partial charge in [-0.15, -0.1) is 0 Å². The molecular formula is C23H23FN2O2. The molecule has 28 heavy (non-hydrogen) atoms. The zero-order chi connectivity index (χ0) is 19.5. The Balaban J connectivity index is 1.56. The van der Waals surface area contributed by atoms with Crippen molar-refractivity contribution in [1.29, 1.82) is 0 Å². The number of allylic oxidation sites excluding steroid dienone is 3. The molecule has 4 nitrogen and oxygen atoms in total. The maximum atomic E-state index is 13.3. The van der Waals surface area contributed by atoms with Gasteiger partial charge in [-0.3, -0.25) is 4.79 Å². The molecule has 1 N–H and O–H groups in total. The van der Waals surface area contributed by atoms with Gasteiger partial charge in [-0.2, -0.15) is 5.10 Å². The topological polar surface area (TPSA) is 55.1 Å². The van der Waals surface area contributed by atoms with Crippen LogP contribution in [0.5, 0.6) is 0 Å². The van der Waals surface area contributed by atoms with Crippen molar-refractivity contribution >= 4 is 12.0 Å². The Kier molecular flexibility index (Phi) is 3.83. The summed E-state index contributed by atoms with van der Waals surface area (Å²) in [5.41, 5.74) is 5.61. The lowest BCUT2D eigenvalue weighted by Crippen LogP contribution is -2.41. The number of halogens is 1. The van der Waals surface area contributed by atoms with Crippen molar-refractivity contribution in [2.24, 2.45) is 17.3 Å². The number of aliphatic carboxylic acids is 1. The molecule has 5 heteroatoms. The summed E-state index contributed by atoms with van der Waals surface area (Å²) < 4.78 is 15.2. The maximum absolute atomic E-state index is 13.3. The molecule has 1 saturated carbocycles. The average molecular weight is 378 g/mol. The predicted octanol–water partition coefficient (Wildman–Crippen LogP) is 4.79. The fourth-order valence-electron chi connectivity index (χ4n) is 5.51. The van der Waals surface area contributed by atoms with Crippen molar-refractivity contribution in [2.75, 3.05) is 0 Å². The average Bonchev–Trinajstić information content (AvgIpc) is 3.08. The van der Waals surface area contributed by atoms with E-state index in [2.05, 4.69) is 24.2 Å². The van der Waals surface area contributed by atoms with Crippen LogP contribution in [-0.2, 0) is 11.2 Å². The fraction of sp³-hybridized carbons (Fsp3) is 0.391. The van der Waals surface area contributed by atoms with E-state index in [1.165, 1.54) is 23.3 Å². The molecule has 2 aromatic rings. The zero-order valence-electron chi connectivity index (χ0n) is 15.9. The standard InChI is InChI=1S/C23H23FN2O2/c1-23-12-14-13-25-26(17-8-6-16(24)7-9-17)21(14)11-15(23)5-10-18-19(22(27)28)3-2-4-20(18)23/h4,6-9,11,13,18-19H,2-3,5,10,12H2,1H3,(H,27,28)/t18-,19-,23+/m1/s1. The smallest absolute Gasteiger partial charge is 0.307 e. The van der Waals surface area contributed by atoms with Crippen molar-refractivity contribution < 1.29 is 14.3 Å². The van der Waals surface area contributed by atoms with E-state index in [0.717, 1.165) is 49.0 Å². The predicted molar refractivity (Wildman–Crippen MR) is 104 cm³/mol. The van der Waals surface area contributed by atoms with Gasteiger partial charge < -0.3 is 5.11 Å². The molecule has 1 fully saturated rings. The van der Waals surface area contributed by atoms with E-state index in [9.17, 15) is 14.3 Å². The summed E-state index contributed by atoms with van der Waals surface area (Å²) in [4.78, 5) is 11.8. The number of fused-ring (bicyclic) bond motifs is 4. The first kappa shape index (κ1) is 17.4. The number of benzene rings is 1. The van der Waals surface area contributed by atoms with Crippen LogP contribution in [0.2, 0.25) is 0 Å². The van der Waals surface area contributed by atoms with Crippen LogP contribution in [0.1, 0.15) is 43.9 Å². The van der Waals surface area contributed by atoms with E-state index >= 15 is 0 Å². The van der Waals surface area contributed by atoms with Gasteiger partial charge in [-0.05, 0) is 73.9 Å². The number of carboxylic acid groups (broad SMARTS) is 1. The van der Waals surface area contributed by atoms with Crippen LogP contribution in [0, 0.1) is 23.1 Å². The molecule has 3 aliphatic rings. The van der Waals surface area contributed by atoms with Crippen molar-refractivity contribution in [3.63, 3.8) is 0 Å². The van der Waals surface area contributed by atoms with Crippen LogP contribution in [-0.4, -0.2) is 20.9 Å². The van der Waals surface area contributed by atoms with E-state index in [1.807, 2.05) is 10.9 Å². The Hall–Kier alpha value is -2.69. The highest BCUT2D eigenvalue weighted by Gasteiger charge is 2.48. The van der Waals surface area contributed by atoms with Crippen molar-refractivity contribution in [3.05, 3.63) is 64.8 Å². The van der Waals surface area contributed by atoms with Crippen LogP contribution in [0.4, 0.5) is 4.39 Å². The van der Waals surface area contributed by atoms with Crippen molar-refractivity contribution in [2.45, 2.75) is 39.0 Å². The van der Waals surface area contributed by atoms with Gasteiger partial charge in [-0.1, -0.05) is 24.1 Å². The summed E-state index contributed by atoms with van der Waals surface area (Å²) in [6.07, 6.45) is 10.7. The van der Waals surface area contributed by atoms with Gasteiger partial charge in [0.2, 0.25) is 0 Å². The highest BCUT2D eigenvalue weighted by Crippen LogP contribution is 2.56. The Morgan fingerprint density at radius 3 is 2.82 bits per heavy atom. The number of nitrogens with zero attached hydrogens (tertiary/aromatic N) is 2. The second kappa shape index (κ2) is 6.16. The largest absolute Gasteiger partial charge is 0.481 e. The first-order valence-corrected chi connectivity index (χ1v) is 9.94. The van der Waals surface area contributed by atoms with E-state index < -0.39 is 5.97 Å². The Morgan fingerprint density at radius 2 is 2.07 bits per heavy atom. The minimum atomic E-state index is -0.660. The van der Waals surface area contributed by atoms with Crippen LogP contribution < -0.4 is 0 Å². The number of aromatic nitrogens is 2. The lowest BCUT2D eigenvalue weighted by Gasteiger charge is -2.48. The molecule has 0 unspecified atom stereocenters. The second-order valence-electron chi connectivity index (χ2n) is 8.45. The first-order chi connectivity index (χ1) is 13.5. The molecule has 0 radical (unpaired) electrons. The lowest BCUT2D eigenvalue weighted by molar-refractivity contribution is -0.144. The van der Waals surface area contributed by atoms with Crippen LogP contribution in [0.15, 0.2) is 47.7 Å². The Labute approximate surface area is 163 Å².